The summed E-state index contributed by atoms with van der Waals surface area (Å²) in [6, 6.07) is 50.0. The second kappa shape index (κ2) is 10.8. The zero-order chi connectivity index (χ0) is 35.5. The first kappa shape index (κ1) is 30.9. The molecule has 0 atom stereocenters. The topological polar surface area (TPSA) is 0 Å². The molecular weight excluding hydrogens is 639 g/mol. The van der Waals surface area contributed by atoms with Gasteiger partial charge in [0.2, 0.25) is 0 Å². The summed E-state index contributed by atoms with van der Waals surface area (Å²) in [4.78, 5) is 0. The Labute approximate surface area is 303 Å². The van der Waals surface area contributed by atoms with Gasteiger partial charge in [-0.25, -0.2) is 8.78 Å². The molecule has 0 amide bonds. The van der Waals surface area contributed by atoms with Crippen molar-refractivity contribution in [1.82, 2.24) is 0 Å². The highest BCUT2D eigenvalue weighted by molar-refractivity contribution is 6.21. The third-order valence-electron chi connectivity index (χ3n) is 12.0. The first-order valence-electron chi connectivity index (χ1n) is 18.1. The first-order valence-corrected chi connectivity index (χ1v) is 18.1. The highest BCUT2D eigenvalue weighted by atomic mass is 19.1. The average Bonchev–Trinajstić information content (AvgIpc) is 3.52. The second-order valence-corrected chi connectivity index (χ2v) is 15.5. The van der Waals surface area contributed by atoms with Crippen LogP contribution in [0.4, 0.5) is 8.78 Å². The van der Waals surface area contributed by atoms with Gasteiger partial charge in [-0.3, -0.25) is 0 Å². The molecule has 250 valence electrons. The van der Waals surface area contributed by atoms with E-state index in [2.05, 4.69) is 131 Å². The van der Waals surface area contributed by atoms with Gasteiger partial charge in [-0.2, -0.15) is 0 Å². The van der Waals surface area contributed by atoms with Gasteiger partial charge >= 0.3 is 0 Å². The molecule has 0 N–H and O–H groups in total. The molecule has 0 fully saturated rings. The Morgan fingerprint density at radius 2 is 0.750 bits per heavy atom. The Bertz CT molecular complexity index is 2760. The highest BCUT2D eigenvalue weighted by Crippen LogP contribution is 2.53. The molecule has 0 nitrogen and oxygen atoms in total. The number of rotatable bonds is 3. The van der Waals surface area contributed by atoms with E-state index in [0.29, 0.717) is 5.56 Å². The van der Waals surface area contributed by atoms with Gasteiger partial charge in [0, 0.05) is 28.0 Å². The van der Waals surface area contributed by atoms with Crippen molar-refractivity contribution in [2.24, 2.45) is 0 Å². The maximum Gasteiger partial charge on any atom is 0.133 e. The summed E-state index contributed by atoms with van der Waals surface area (Å²) in [6.45, 7) is 9.35. The van der Waals surface area contributed by atoms with Crippen molar-refractivity contribution < 1.29 is 8.78 Å². The van der Waals surface area contributed by atoms with E-state index in [1.807, 2.05) is 24.3 Å². The monoisotopic (exact) mass is 674 g/mol. The Kier molecular flexibility index (Phi) is 6.44. The zero-order valence-electron chi connectivity index (χ0n) is 29.6. The van der Waals surface area contributed by atoms with Crippen molar-refractivity contribution in [3.8, 4) is 55.6 Å². The van der Waals surface area contributed by atoms with E-state index in [-0.39, 0.29) is 10.8 Å². The summed E-state index contributed by atoms with van der Waals surface area (Å²) >= 11 is 0. The fraction of sp³-hybridized carbons (Fsp3) is 0.120. The molecule has 0 heterocycles. The van der Waals surface area contributed by atoms with Crippen molar-refractivity contribution in [3.63, 3.8) is 0 Å². The van der Waals surface area contributed by atoms with E-state index in [1.165, 1.54) is 61.7 Å². The molecule has 0 unspecified atom stereocenters. The Morgan fingerprint density at radius 3 is 1.29 bits per heavy atom. The Morgan fingerprint density at radius 1 is 0.346 bits per heavy atom. The minimum Gasteiger partial charge on any atom is -0.207 e. The van der Waals surface area contributed by atoms with Crippen LogP contribution in [0, 0.1) is 11.6 Å². The number of hydrogen-bond donors (Lipinski definition) is 0. The van der Waals surface area contributed by atoms with Crippen LogP contribution in [-0.2, 0) is 10.8 Å². The average molecular weight is 675 g/mol. The van der Waals surface area contributed by atoms with Crippen molar-refractivity contribution in [2.75, 3.05) is 0 Å². The van der Waals surface area contributed by atoms with Gasteiger partial charge in [0.05, 0.1) is 0 Å². The van der Waals surface area contributed by atoms with E-state index < -0.39 is 11.6 Å². The summed E-state index contributed by atoms with van der Waals surface area (Å²) in [5.41, 5.74) is 16.2. The zero-order valence-corrected chi connectivity index (χ0v) is 29.6. The van der Waals surface area contributed by atoms with Gasteiger partial charge in [-0.1, -0.05) is 137 Å². The van der Waals surface area contributed by atoms with Crippen LogP contribution in [0.25, 0.3) is 77.2 Å². The Hall–Kier alpha value is -5.86. The molecule has 52 heavy (non-hydrogen) atoms. The van der Waals surface area contributed by atoms with E-state index in [4.69, 9.17) is 0 Å². The molecule has 8 aromatic rings. The van der Waals surface area contributed by atoms with E-state index in [0.717, 1.165) is 44.3 Å². The SMILES string of the molecule is CC1(C)c2ccccc2-c2ccc(-c3ccc4c(c3)C(C)(C)c3cc(-c5c6ccccc6c(-c6ccc(F)cc6F)c6ccccc56)ccc3-4)cc21. The standard InChI is InChI=1S/C50H36F2/c1-49(2)42-16-10-9-11-33(42)34-21-17-29(25-43(34)49)30-18-22-35-36-23-19-31(27-45(36)50(3,4)44(35)26-30)47-37-12-5-7-14-39(37)48(40-15-8-6-13-38(40)47)41-24-20-32(51)28-46(41)52/h5-28H,1-4H3. The molecule has 0 radical (unpaired) electrons. The molecule has 0 bridgehead atoms. The molecule has 0 aromatic heterocycles. The van der Waals surface area contributed by atoms with Crippen LogP contribution in [-0.4, -0.2) is 0 Å². The van der Waals surface area contributed by atoms with Gasteiger partial charge in [-0.15, -0.1) is 0 Å². The van der Waals surface area contributed by atoms with Crippen molar-refractivity contribution in [3.05, 3.63) is 179 Å². The van der Waals surface area contributed by atoms with Crippen LogP contribution in [0.5, 0.6) is 0 Å². The maximum absolute atomic E-state index is 15.4. The first-order chi connectivity index (χ1) is 25.1. The fourth-order valence-electron chi connectivity index (χ4n) is 9.38. The molecule has 2 aliphatic carbocycles. The van der Waals surface area contributed by atoms with Crippen LogP contribution < -0.4 is 0 Å². The van der Waals surface area contributed by atoms with Crippen molar-refractivity contribution in [2.45, 2.75) is 38.5 Å². The van der Waals surface area contributed by atoms with E-state index >= 15 is 4.39 Å². The van der Waals surface area contributed by atoms with Crippen LogP contribution in [0.2, 0.25) is 0 Å². The van der Waals surface area contributed by atoms with Crippen LogP contribution in [0.1, 0.15) is 49.9 Å². The molecule has 0 spiro atoms. The van der Waals surface area contributed by atoms with E-state index in [9.17, 15) is 4.39 Å². The molecule has 0 saturated heterocycles. The maximum atomic E-state index is 15.4. The summed E-state index contributed by atoms with van der Waals surface area (Å²) in [6.07, 6.45) is 0. The molecular formula is C50H36F2. The molecule has 2 aliphatic rings. The van der Waals surface area contributed by atoms with Crippen LogP contribution in [0.3, 0.4) is 0 Å². The smallest absolute Gasteiger partial charge is 0.133 e. The lowest BCUT2D eigenvalue weighted by Gasteiger charge is -2.24. The predicted molar refractivity (Wildman–Crippen MR) is 213 cm³/mol. The van der Waals surface area contributed by atoms with Gasteiger partial charge in [0.25, 0.3) is 0 Å². The molecule has 2 heteroatoms. The fourth-order valence-corrected chi connectivity index (χ4v) is 9.38. The van der Waals surface area contributed by atoms with Gasteiger partial charge < -0.3 is 0 Å². The summed E-state index contributed by atoms with van der Waals surface area (Å²) < 4.78 is 29.5. The van der Waals surface area contributed by atoms with Gasteiger partial charge in [-0.05, 0) is 119 Å². The number of hydrogen-bond acceptors (Lipinski definition) is 0. The van der Waals surface area contributed by atoms with Gasteiger partial charge in [0.15, 0.2) is 0 Å². The third-order valence-corrected chi connectivity index (χ3v) is 12.0. The summed E-state index contributed by atoms with van der Waals surface area (Å²) in [5, 5.41) is 3.96. The number of halogens is 2. The highest BCUT2D eigenvalue weighted by Gasteiger charge is 2.37. The third kappa shape index (κ3) is 4.24. The largest absolute Gasteiger partial charge is 0.207 e. The van der Waals surface area contributed by atoms with Gasteiger partial charge in [0.1, 0.15) is 11.6 Å². The van der Waals surface area contributed by atoms with Crippen LogP contribution >= 0.6 is 0 Å². The predicted octanol–water partition coefficient (Wildman–Crippen LogP) is 13.9. The quantitative estimate of drug-likeness (QED) is 0.164. The lowest BCUT2D eigenvalue weighted by Crippen LogP contribution is -2.15. The van der Waals surface area contributed by atoms with Crippen LogP contribution in [0.15, 0.2) is 146 Å². The molecule has 10 rings (SSSR count). The van der Waals surface area contributed by atoms with E-state index in [1.54, 1.807) is 6.07 Å². The van der Waals surface area contributed by atoms with Crippen molar-refractivity contribution in [1.29, 1.82) is 0 Å². The molecule has 0 saturated carbocycles. The minimum atomic E-state index is -0.581. The lowest BCUT2D eigenvalue weighted by molar-refractivity contribution is 0.586. The second-order valence-electron chi connectivity index (χ2n) is 15.5. The molecule has 8 aromatic carbocycles. The number of fused-ring (bicyclic) bond motifs is 8. The summed E-state index contributed by atoms with van der Waals surface area (Å²) in [5.74, 6) is -1.14. The molecule has 0 aliphatic heterocycles. The lowest BCUT2D eigenvalue weighted by atomic mass is 9.79. The Balaban J connectivity index is 1.11. The summed E-state index contributed by atoms with van der Waals surface area (Å²) in [7, 11) is 0. The normalized spacial score (nSPS) is 14.7. The number of benzene rings is 8. The van der Waals surface area contributed by atoms with Crippen molar-refractivity contribution >= 4 is 21.5 Å². The minimum absolute atomic E-state index is 0.0513.